The van der Waals surface area contributed by atoms with Crippen LogP contribution >= 0.6 is 27.3 Å². The molecule has 2 aromatic carbocycles. The van der Waals surface area contributed by atoms with E-state index >= 15 is 0 Å². The molecule has 1 N–H and O–H groups in total. The third-order valence-electron chi connectivity index (χ3n) is 2.73. The molecule has 0 saturated carbocycles. The maximum absolute atomic E-state index is 9.45. The molecule has 0 aliphatic carbocycles. The second kappa shape index (κ2) is 4.71. The molecule has 0 radical (unpaired) electrons. The van der Waals surface area contributed by atoms with Crippen LogP contribution in [0.4, 0.5) is 0 Å². The minimum atomic E-state index is 0.285. The van der Waals surface area contributed by atoms with Crippen LogP contribution in [0.5, 0.6) is 5.75 Å². The van der Waals surface area contributed by atoms with Crippen LogP contribution in [-0.2, 0) is 5.33 Å². The lowest BCUT2D eigenvalue weighted by Crippen LogP contribution is -1.78. The third kappa shape index (κ3) is 2.13. The van der Waals surface area contributed by atoms with Gasteiger partial charge in [-0.2, -0.15) is 0 Å². The highest BCUT2D eigenvalue weighted by Crippen LogP contribution is 2.32. The smallest absolute Gasteiger partial charge is 0.124 e. The molecule has 3 aromatic rings. The Hall–Kier alpha value is -1.39. The van der Waals surface area contributed by atoms with Gasteiger partial charge in [0.2, 0.25) is 0 Å². The van der Waals surface area contributed by atoms with E-state index in [0.29, 0.717) is 0 Å². The summed E-state index contributed by atoms with van der Waals surface area (Å²) in [4.78, 5) is 4.58. The van der Waals surface area contributed by atoms with Gasteiger partial charge in [0.1, 0.15) is 10.8 Å². The SMILES string of the molecule is Oc1ccc2nc(-c3ccc(CBr)cc3)sc2c1. The Balaban J connectivity index is 2.07. The molecule has 0 fully saturated rings. The molecule has 0 amide bonds. The first-order valence-corrected chi connectivity index (χ1v) is 7.45. The number of halogens is 1. The van der Waals surface area contributed by atoms with Crippen LogP contribution in [0, 0.1) is 0 Å². The molecule has 18 heavy (non-hydrogen) atoms. The van der Waals surface area contributed by atoms with Crippen LogP contribution in [0.15, 0.2) is 42.5 Å². The fourth-order valence-electron chi connectivity index (χ4n) is 1.77. The molecule has 2 nitrogen and oxygen atoms in total. The van der Waals surface area contributed by atoms with Gasteiger partial charge in [-0.05, 0) is 23.8 Å². The van der Waals surface area contributed by atoms with Gasteiger partial charge in [0.25, 0.3) is 0 Å². The topological polar surface area (TPSA) is 33.1 Å². The van der Waals surface area contributed by atoms with Gasteiger partial charge in [-0.25, -0.2) is 4.98 Å². The number of phenolic OH excluding ortho intramolecular Hbond substituents is 1. The quantitative estimate of drug-likeness (QED) is 0.702. The summed E-state index contributed by atoms with van der Waals surface area (Å²) >= 11 is 5.03. The molecule has 1 heterocycles. The summed E-state index contributed by atoms with van der Waals surface area (Å²) < 4.78 is 1.01. The largest absolute Gasteiger partial charge is 0.508 e. The zero-order valence-electron chi connectivity index (χ0n) is 9.43. The fraction of sp³-hybridized carbons (Fsp3) is 0.0714. The zero-order chi connectivity index (χ0) is 12.5. The Bertz CT molecular complexity index is 691. The van der Waals surface area contributed by atoms with Crippen LogP contribution in [0.2, 0.25) is 0 Å². The van der Waals surface area contributed by atoms with E-state index in [0.717, 1.165) is 26.1 Å². The molecule has 0 spiro atoms. The number of nitrogens with zero attached hydrogens (tertiary/aromatic N) is 1. The van der Waals surface area contributed by atoms with Crippen molar-refractivity contribution in [3.8, 4) is 16.3 Å². The molecule has 0 unspecified atom stereocenters. The average molecular weight is 320 g/mol. The van der Waals surface area contributed by atoms with Crippen molar-refractivity contribution in [3.05, 3.63) is 48.0 Å². The van der Waals surface area contributed by atoms with Crippen molar-refractivity contribution in [2.45, 2.75) is 5.33 Å². The van der Waals surface area contributed by atoms with Crippen molar-refractivity contribution in [1.29, 1.82) is 0 Å². The normalized spacial score (nSPS) is 10.9. The fourth-order valence-corrected chi connectivity index (χ4v) is 3.15. The maximum Gasteiger partial charge on any atom is 0.124 e. The van der Waals surface area contributed by atoms with Crippen molar-refractivity contribution in [3.63, 3.8) is 0 Å². The van der Waals surface area contributed by atoms with Crippen molar-refractivity contribution >= 4 is 37.5 Å². The van der Waals surface area contributed by atoms with Crippen LogP contribution in [0.1, 0.15) is 5.56 Å². The monoisotopic (exact) mass is 319 g/mol. The number of hydrogen-bond acceptors (Lipinski definition) is 3. The van der Waals surface area contributed by atoms with E-state index in [9.17, 15) is 5.11 Å². The first kappa shape index (κ1) is 11.7. The van der Waals surface area contributed by atoms with Gasteiger partial charge in [0.05, 0.1) is 10.2 Å². The number of rotatable bonds is 2. The first-order valence-electron chi connectivity index (χ1n) is 5.51. The third-order valence-corrected chi connectivity index (χ3v) is 4.44. The van der Waals surface area contributed by atoms with Crippen molar-refractivity contribution in [1.82, 2.24) is 4.98 Å². The summed E-state index contributed by atoms with van der Waals surface area (Å²) in [5, 5.41) is 11.3. The van der Waals surface area contributed by atoms with E-state index < -0.39 is 0 Å². The minimum Gasteiger partial charge on any atom is -0.508 e. The Labute approximate surface area is 117 Å². The highest BCUT2D eigenvalue weighted by molar-refractivity contribution is 9.08. The lowest BCUT2D eigenvalue weighted by atomic mass is 10.2. The number of thiazole rings is 1. The van der Waals surface area contributed by atoms with Gasteiger partial charge < -0.3 is 5.11 Å². The molecular weight excluding hydrogens is 310 g/mol. The summed E-state index contributed by atoms with van der Waals surface area (Å²) in [5.41, 5.74) is 3.29. The van der Waals surface area contributed by atoms with Gasteiger partial charge in [-0.3, -0.25) is 0 Å². The Morgan fingerprint density at radius 1 is 1.11 bits per heavy atom. The number of fused-ring (bicyclic) bond motifs is 1. The molecule has 0 atom stereocenters. The van der Waals surface area contributed by atoms with Crippen molar-refractivity contribution in [2.24, 2.45) is 0 Å². The molecule has 1 aromatic heterocycles. The summed E-state index contributed by atoms with van der Waals surface area (Å²) in [6, 6.07) is 13.6. The molecule has 3 rings (SSSR count). The lowest BCUT2D eigenvalue weighted by molar-refractivity contribution is 0.476. The van der Waals surface area contributed by atoms with E-state index in [1.165, 1.54) is 5.56 Å². The maximum atomic E-state index is 9.45. The predicted octanol–water partition coefficient (Wildman–Crippen LogP) is 4.56. The van der Waals surface area contributed by atoms with Gasteiger partial charge in [0, 0.05) is 10.9 Å². The number of aromatic nitrogens is 1. The molecule has 4 heteroatoms. The van der Waals surface area contributed by atoms with Crippen LogP contribution in [0.3, 0.4) is 0 Å². The second-order valence-electron chi connectivity index (χ2n) is 4.00. The molecule has 0 saturated heterocycles. The summed E-state index contributed by atoms with van der Waals surface area (Å²) in [7, 11) is 0. The van der Waals surface area contributed by atoms with E-state index in [1.807, 2.05) is 6.07 Å². The Morgan fingerprint density at radius 3 is 2.61 bits per heavy atom. The summed E-state index contributed by atoms with van der Waals surface area (Å²) in [6.45, 7) is 0. The van der Waals surface area contributed by atoms with E-state index in [2.05, 4.69) is 45.2 Å². The van der Waals surface area contributed by atoms with Crippen LogP contribution < -0.4 is 0 Å². The zero-order valence-corrected chi connectivity index (χ0v) is 11.8. The van der Waals surface area contributed by atoms with Crippen LogP contribution in [0.25, 0.3) is 20.8 Å². The van der Waals surface area contributed by atoms with Crippen molar-refractivity contribution < 1.29 is 5.11 Å². The van der Waals surface area contributed by atoms with Gasteiger partial charge >= 0.3 is 0 Å². The average Bonchev–Trinajstić information content (AvgIpc) is 2.81. The highest BCUT2D eigenvalue weighted by atomic mass is 79.9. The van der Waals surface area contributed by atoms with Crippen LogP contribution in [-0.4, -0.2) is 10.1 Å². The predicted molar refractivity (Wildman–Crippen MR) is 79.4 cm³/mol. The summed E-state index contributed by atoms with van der Waals surface area (Å²) in [6.07, 6.45) is 0. The van der Waals surface area contributed by atoms with Gasteiger partial charge in [0.15, 0.2) is 0 Å². The molecule has 90 valence electrons. The number of hydrogen-bond donors (Lipinski definition) is 1. The second-order valence-corrected chi connectivity index (χ2v) is 5.59. The van der Waals surface area contributed by atoms with Crippen molar-refractivity contribution in [2.75, 3.05) is 0 Å². The van der Waals surface area contributed by atoms with Gasteiger partial charge in [-0.1, -0.05) is 40.2 Å². The van der Waals surface area contributed by atoms with E-state index in [1.54, 1.807) is 23.5 Å². The number of alkyl halides is 1. The minimum absolute atomic E-state index is 0.285. The molecule has 0 bridgehead atoms. The number of aromatic hydroxyl groups is 1. The first-order chi connectivity index (χ1) is 8.76. The number of phenols is 1. The lowest BCUT2D eigenvalue weighted by Gasteiger charge is -1.97. The van der Waals surface area contributed by atoms with E-state index in [-0.39, 0.29) is 5.75 Å². The highest BCUT2D eigenvalue weighted by Gasteiger charge is 2.06. The summed E-state index contributed by atoms with van der Waals surface area (Å²) in [5.74, 6) is 0.285. The van der Waals surface area contributed by atoms with E-state index in [4.69, 9.17) is 0 Å². The molecular formula is C14H10BrNOS. The molecule has 0 aliphatic heterocycles. The Kier molecular flexibility index (Phi) is 3.06. The Morgan fingerprint density at radius 2 is 1.89 bits per heavy atom. The van der Waals surface area contributed by atoms with Gasteiger partial charge in [-0.15, -0.1) is 11.3 Å². The number of benzene rings is 2. The molecule has 0 aliphatic rings. The standard InChI is InChI=1S/C14H10BrNOS/c15-8-9-1-3-10(4-2-9)14-16-12-6-5-11(17)7-13(12)18-14/h1-7,17H,8H2.